The second-order valence-corrected chi connectivity index (χ2v) is 4.91. The van der Waals surface area contributed by atoms with E-state index >= 15 is 0 Å². The van der Waals surface area contributed by atoms with Crippen LogP contribution < -0.4 is 10.6 Å². The van der Waals surface area contributed by atoms with Gasteiger partial charge in [-0.3, -0.25) is 9.59 Å². The Bertz CT molecular complexity index is 244. The van der Waals surface area contributed by atoms with Gasteiger partial charge in [0, 0.05) is 24.9 Å². The number of hydrogen-bond acceptors (Lipinski definition) is 3. The third-order valence-corrected chi connectivity index (χ3v) is 1.91. The summed E-state index contributed by atoms with van der Waals surface area (Å²) in [6.07, 6.45) is -0.317. The van der Waals surface area contributed by atoms with Crippen LogP contribution in [0, 0.1) is 5.41 Å². The molecule has 0 saturated carbocycles. The lowest BCUT2D eigenvalue weighted by Crippen LogP contribution is -2.38. The lowest BCUT2D eigenvalue weighted by molar-refractivity contribution is -0.128. The maximum atomic E-state index is 11.4. The van der Waals surface area contributed by atoms with Crippen LogP contribution in [0.4, 0.5) is 0 Å². The molecular weight excluding hydrogens is 208 g/mol. The van der Waals surface area contributed by atoms with E-state index < -0.39 is 11.5 Å². The number of carbonyl (C=O) groups excluding carboxylic acids is 2. The molecule has 0 aromatic carbocycles. The van der Waals surface area contributed by atoms with Crippen LogP contribution in [0.15, 0.2) is 0 Å². The van der Waals surface area contributed by atoms with Gasteiger partial charge in [0.25, 0.3) is 0 Å². The largest absolute Gasteiger partial charge is 0.392 e. The standard InChI is InChI=1S/C11H22N2O3/c1-8(14)7-13-9(15)5-6-12-10(16)11(2,3)4/h8,14H,5-7H2,1-4H3,(H,12,16)(H,13,15)/t8-/m0/s1. The van der Waals surface area contributed by atoms with E-state index in [2.05, 4.69) is 10.6 Å². The van der Waals surface area contributed by atoms with Gasteiger partial charge < -0.3 is 15.7 Å². The Kier molecular flexibility index (Phi) is 6.03. The first-order valence-electron chi connectivity index (χ1n) is 5.46. The molecule has 94 valence electrons. The highest BCUT2D eigenvalue weighted by Crippen LogP contribution is 2.11. The zero-order valence-corrected chi connectivity index (χ0v) is 10.5. The van der Waals surface area contributed by atoms with E-state index in [1.807, 2.05) is 20.8 Å². The van der Waals surface area contributed by atoms with E-state index in [1.54, 1.807) is 6.92 Å². The van der Waals surface area contributed by atoms with E-state index in [0.717, 1.165) is 0 Å². The molecule has 5 heteroatoms. The molecule has 16 heavy (non-hydrogen) atoms. The minimum atomic E-state index is -0.548. The van der Waals surface area contributed by atoms with Gasteiger partial charge in [0.05, 0.1) is 6.10 Å². The Labute approximate surface area is 96.6 Å². The summed E-state index contributed by atoms with van der Waals surface area (Å²) < 4.78 is 0. The van der Waals surface area contributed by atoms with Crippen LogP contribution in [-0.2, 0) is 9.59 Å². The molecule has 0 spiro atoms. The fourth-order valence-electron chi connectivity index (χ4n) is 0.905. The molecular formula is C11H22N2O3. The number of carbonyl (C=O) groups is 2. The monoisotopic (exact) mass is 230 g/mol. The quantitative estimate of drug-likeness (QED) is 0.624. The van der Waals surface area contributed by atoms with Crippen molar-refractivity contribution in [1.29, 1.82) is 0 Å². The molecule has 0 unspecified atom stereocenters. The average molecular weight is 230 g/mol. The highest BCUT2D eigenvalue weighted by molar-refractivity contribution is 5.82. The van der Waals surface area contributed by atoms with Crippen LogP contribution in [-0.4, -0.2) is 36.1 Å². The van der Waals surface area contributed by atoms with Crippen LogP contribution in [0.5, 0.6) is 0 Å². The molecule has 0 radical (unpaired) electrons. The third-order valence-electron chi connectivity index (χ3n) is 1.91. The lowest BCUT2D eigenvalue weighted by Gasteiger charge is -2.17. The Hall–Kier alpha value is -1.10. The second kappa shape index (κ2) is 6.48. The van der Waals surface area contributed by atoms with Crippen molar-refractivity contribution in [3.63, 3.8) is 0 Å². The van der Waals surface area contributed by atoms with Crippen LogP contribution in [0.2, 0.25) is 0 Å². The summed E-state index contributed by atoms with van der Waals surface area (Å²) in [5, 5.41) is 14.2. The van der Waals surface area contributed by atoms with Gasteiger partial charge in [-0.15, -0.1) is 0 Å². The molecule has 0 aliphatic carbocycles. The van der Waals surface area contributed by atoms with Crippen LogP contribution in [0.3, 0.4) is 0 Å². The summed E-state index contributed by atoms with van der Waals surface area (Å²) in [6, 6.07) is 0. The summed E-state index contributed by atoms with van der Waals surface area (Å²) in [4.78, 5) is 22.6. The van der Waals surface area contributed by atoms with E-state index in [0.29, 0.717) is 6.54 Å². The molecule has 0 aliphatic rings. The normalized spacial score (nSPS) is 13.1. The van der Waals surface area contributed by atoms with Gasteiger partial charge in [0.2, 0.25) is 11.8 Å². The van der Waals surface area contributed by atoms with Crippen molar-refractivity contribution in [3.05, 3.63) is 0 Å². The minimum Gasteiger partial charge on any atom is -0.392 e. The topological polar surface area (TPSA) is 78.4 Å². The summed E-state index contributed by atoms with van der Waals surface area (Å²) >= 11 is 0. The minimum absolute atomic E-state index is 0.0733. The first-order valence-corrected chi connectivity index (χ1v) is 5.46. The number of amides is 2. The molecule has 1 atom stereocenters. The molecule has 0 aromatic rings. The van der Waals surface area contributed by atoms with Crippen LogP contribution in [0.25, 0.3) is 0 Å². The van der Waals surface area contributed by atoms with Crippen molar-refractivity contribution < 1.29 is 14.7 Å². The van der Waals surface area contributed by atoms with Gasteiger partial charge >= 0.3 is 0 Å². The molecule has 0 aromatic heterocycles. The molecule has 0 fully saturated rings. The highest BCUT2D eigenvalue weighted by atomic mass is 16.3. The number of aliphatic hydroxyl groups is 1. The first kappa shape index (κ1) is 14.9. The smallest absolute Gasteiger partial charge is 0.225 e. The predicted molar refractivity (Wildman–Crippen MR) is 61.8 cm³/mol. The fraction of sp³-hybridized carbons (Fsp3) is 0.818. The molecule has 0 bridgehead atoms. The number of nitrogens with one attached hydrogen (secondary N) is 2. The van der Waals surface area contributed by atoms with Gasteiger partial charge in [0.15, 0.2) is 0 Å². The number of aliphatic hydroxyl groups excluding tert-OH is 1. The maximum absolute atomic E-state index is 11.4. The first-order chi connectivity index (χ1) is 7.23. The summed E-state index contributed by atoms with van der Waals surface area (Å²) in [5.41, 5.74) is -0.434. The van der Waals surface area contributed by atoms with Gasteiger partial charge in [-0.05, 0) is 6.92 Å². The van der Waals surface area contributed by atoms with E-state index in [1.165, 1.54) is 0 Å². The highest BCUT2D eigenvalue weighted by Gasteiger charge is 2.20. The van der Waals surface area contributed by atoms with Crippen molar-refractivity contribution in [2.45, 2.75) is 40.2 Å². The molecule has 0 heterocycles. The average Bonchev–Trinajstić information content (AvgIpc) is 2.13. The summed E-state index contributed by atoms with van der Waals surface area (Å²) in [6.45, 7) is 7.61. The van der Waals surface area contributed by atoms with Crippen molar-refractivity contribution in [2.24, 2.45) is 5.41 Å². The SMILES string of the molecule is C[C@H](O)CNC(=O)CCNC(=O)C(C)(C)C. The summed E-state index contributed by atoms with van der Waals surface area (Å²) in [5.74, 6) is -0.245. The van der Waals surface area contributed by atoms with Gasteiger partial charge in [-0.2, -0.15) is 0 Å². The Morgan fingerprint density at radius 3 is 2.25 bits per heavy atom. The second-order valence-electron chi connectivity index (χ2n) is 4.91. The molecule has 3 N–H and O–H groups in total. The van der Waals surface area contributed by atoms with Crippen LogP contribution in [0.1, 0.15) is 34.1 Å². The Morgan fingerprint density at radius 1 is 1.25 bits per heavy atom. The predicted octanol–water partition coefficient (Wildman–Crippen LogP) is 0.0358. The zero-order valence-electron chi connectivity index (χ0n) is 10.5. The maximum Gasteiger partial charge on any atom is 0.225 e. The van der Waals surface area contributed by atoms with Gasteiger partial charge in [-0.25, -0.2) is 0 Å². The van der Waals surface area contributed by atoms with E-state index in [-0.39, 0.29) is 24.8 Å². The van der Waals surface area contributed by atoms with Crippen molar-refractivity contribution in [2.75, 3.05) is 13.1 Å². The van der Waals surface area contributed by atoms with Crippen molar-refractivity contribution >= 4 is 11.8 Å². The lowest BCUT2D eigenvalue weighted by atomic mass is 9.96. The molecule has 5 nitrogen and oxygen atoms in total. The fourth-order valence-corrected chi connectivity index (χ4v) is 0.905. The third kappa shape index (κ3) is 7.23. The molecule has 2 amide bonds. The molecule has 0 aliphatic heterocycles. The Balaban J connectivity index is 3.67. The number of hydrogen-bond donors (Lipinski definition) is 3. The number of rotatable bonds is 5. The van der Waals surface area contributed by atoms with Crippen molar-refractivity contribution in [1.82, 2.24) is 10.6 Å². The zero-order chi connectivity index (χ0) is 12.8. The van der Waals surface area contributed by atoms with Crippen LogP contribution >= 0.6 is 0 Å². The van der Waals surface area contributed by atoms with E-state index in [9.17, 15) is 9.59 Å². The van der Waals surface area contributed by atoms with Gasteiger partial charge in [-0.1, -0.05) is 20.8 Å². The molecule has 0 saturated heterocycles. The van der Waals surface area contributed by atoms with Gasteiger partial charge in [0.1, 0.15) is 0 Å². The van der Waals surface area contributed by atoms with E-state index in [4.69, 9.17) is 5.11 Å². The summed E-state index contributed by atoms with van der Waals surface area (Å²) in [7, 11) is 0. The Morgan fingerprint density at radius 2 is 1.81 bits per heavy atom. The van der Waals surface area contributed by atoms with Crippen molar-refractivity contribution in [3.8, 4) is 0 Å². The molecule has 0 rings (SSSR count).